The summed E-state index contributed by atoms with van der Waals surface area (Å²) in [4.78, 5) is 0. The van der Waals surface area contributed by atoms with Crippen LogP contribution in [0.2, 0.25) is 0 Å². The molecule has 0 saturated heterocycles. The molecule has 1 aromatic rings. The van der Waals surface area contributed by atoms with E-state index in [-0.39, 0.29) is 0 Å². The van der Waals surface area contributed by atoms with E-state index < -0.39 is 0 Å². The predicted molar refractivity (Wildman–Crippen MR) is 76.5 cm³/mol. The SMILES string of the molecule is C=CCSCCNCc1ccn(C(C)CC)n1. The lowest BCUT2D eigenvalue weighted by Crippen LogP contribution is -2.17. The van der Waals surface area contributed by atoms with E-state index in [1.807, 2.05) is 22.5 Å². The molecule has 0 aliphatic rings. The fraction of sp³-hybridized carbons (Fsp3) is 0.615. The van der Waals surface area contributed by atoms with Crippen LogP contribution in [0, 0.1) is 0 Å². The Morgan fingerprint density at radius 2 is 2.47 bits per heavy atom. The molecule has 1 rings (SSSR count). The highest BCUT2D eigenvalue weighted by atomic mass is 32.2. The number of nitrogens with one attached hydrogen (secondary N) is 1. The van der Waals surface area contributed by atoms with Gasteiger partial charge < -0.3 is 5.32 Å². The maximum absolute atomic E-state index is 4.55. The third-order valence-electron chi connectivity index (χ3n) is 2.67. The van der Waals surface area contributed by atoms with Gasteiger partial charge in [-0.25, -0.2) is 0 Å². The molecule has 1 aromatic heterocycles. The van der Waals surface area contributed by atoms with Crippen LogP contribution < -0.4 is 5.32 Å². The van der Waals surface area contributed by atoms with Crippen LogP contribution in [0.4, 0.5) is 0 Å². The quantitative estimate of drug-likeness (QED) is 0.542. The monoisotopic (exact) mass is 253 g/mol. The molecule has 0 aromatic carbocycles. The van der Waals surface area contributed by atoms with E-state index in [4.69, 9.17) is 0 Å². The zero-order chi connectivity index (χ0) is 12.5. The Kier molecular flexibility index (Phi) is 7.05. The first-order valence-corrected chi connectivity index (χ1v) is 7.36. The average Bonchev–Trinajstić information content (AvgIpc) is 2.81. The zero-order valence-electron chi connectivity index (χ0n) is 10.9. The Morgan fingerprint density at radius 3 is 3.18 bits per heavy atom. The van der Waals surface area contributed by atoms with Crippen LogP contribution in [-0.4, -0.2) is 27.8 Å². The highest BCUT2D eigenvalue weighted by Gasteiger charge is 2.03. The van der Waals surface area contributed by atoms with Crippen LogP contribution in [0.3, 0.4) is 0 Å². The van der Waals surface area contributed by atoms with E-state index in [1.165, 1.54) is 0 Å². The lowest BCUT2D eigenvalue weighted by atomic mass is 10.3. The second kappa shape index (κ2) is 8.37. The smallest absolute Gasteiger partial charge is 0.0762 e. The Morgan fingerprint density at radius 1 is 1.65 bits per heavy atom. The molecule has 4 heteroatoms. The minimum atomic E-state index is 0.492. The van der Waals surface area contributed by atoms with Gasteiger partial charge in [0.05, 0.1) is 5.69 Å². The van der Waals surface area contributed by atoms with E-state index in [2.05, 4.69) is 43.1 Å². The number of hydrogen-bond acceptors (Lipinski definition) is 3. The summed E-state index contributed by atoms with van der Waals surface area (Å²) < 4.78 is 2.05. The van der Waals surface area contributed by atoms with E-state index in [0.29, 0.717) is 6.04 Å². The Balaban J connectivity index is 2.18. The molecular weight excluding hydrogens is 230 g/mol. The predicted octanol–water partition coefficient (Wildman–Crippen LogP) is 2.86. The fourth-order valence-electron chi connectivity index (χ4n) is 1.43. The molecule has 0 spiro atoms. The van der Waals surface area contributed by atoms with Crippen molar-refractivity contribution in [2.45, 2.75) is 32.9 Å². The first kappa shape index (κ1) is 14.3. The summed E-state index contributed by atoms with van der Waals surface area (Å²) in [5.74, 6) is 2.16. The largest absolute Gasteiger partial charge is 0.310 e. The molecule has 1 heterocycles. The van der Waals surface area contributed by atoms with Crippen LogP contribution in [0.5, 0.6) is 0 Å². The van der Waals surface area contributed by atoms with Gasteiger partial charge in [0.25, 0.3) is 0 Å². The van der Waals surface area contributed by atoms with Crippen LogP contribution in [0.1, 0.15) is 32.0 Å². The molecule has 1 atom stereocenters. The maximum Gasteiger partial charge on any atom is 0.0762 e. The second-order valence-electron chi connectivity index (χ2n) is 4.08. The summed E-state index contributed by atoms with van der Waals surface area (Å²) in [7, 11) is 0. The molecule has 17 heavy (non-hydrogen) atoms. The van der Waals surface area contributed by atoms with Crippen LogP contribution in [0.15, 0.2) is 24.9 Å². The molecule has 0 radical (unpaired) electrons. The molecule has 3 nitrogen and oxygen atoms in total. The molecule has 0 bridgehead atoms. The van der Waals surface area contributed by atoms with Crippen molar-refractivity contribution >= 4 is 11.8 Å². The van der Waals surface area contributed by atoms with Gasteiger partial charge in [0.1, 0.15) is 0 Å². The van der Waals surface area contributed by atoms with Gasteiger partial charge in [-0.05, 0) is 19.4 Å². The van der Waals surface area contributed by atoms with Gasteiger partial charge in [0, 0.05) is 36.8 Å². The van der Waals surface area contributed by atoms with E-state index >= 15 is 0 Å². The summed E-state index contributed by atoms with van der Waals surface area (Å²) in [5.41, 5.74) is 1.12. The van der Waals surface area contributed by atoms with Gasteiger partial charge in [0.15, 0.2) is 0 Å². The van der Waals surface area contributed by atoms with Gasteiger partial charge in [-0.1, -0.05) is 13.0 Å². The summed E-state index contributed by atoms with van der Waals surface area (Å²) in [6.45, 7) is 9.95. The minimum Gasteiger partial charge on any atom is -0.310 e. The minimum absolute atomic E-state index is 0.492. The number of nitrogens with zero attached hydrogens (tertiary/aromatic N) is 2. The highest BCUT2D eigenvalue weighted by Crippen LogP contribution is 2.08. The molecule has 96 valence electrons. The summed E-state index contributed by atoms with van der Waals surface area (Å²) in [6.07, 6.45) is 5.13. The van der Waals surface area contributed by atoms with Gasteiger partial charge >= 0.3 is 0 Å². The molecule has 1 unspecified atom stereocenters. The lowest BCUT2D eigenvalue weighted by molar-refractivity contribution is 0.472. The topological polar surface area (TPSA) is 29.9 Å². The van der Waals surface area contributed by atoms with Gasteiger partial charge in [-0.3, -0.25) is 4.68 Å². The Hall–Kier alpha value is -0.740. The Bertz CT molecular complexity index is 322. The standard InChI is InChI=1S/C13H23N3S/c1-4-9-17-10-7-14-11-13-6-8-16(15-13)12(3)5-2/h4,6,8,12,14H,1,5,7,9-11H2,2-3H3. The third kappa shape index (κ3) is 5.41. The number of rotatable bonds is 9. The van der Waals surface area contributed by atoms with Gasteiger partial charge in [-0.15, -0.1) is 6.58 Å². The van der Waals surface area contributed by atoms with Gasteiger partial charge in [0.2, 0.25) is 0 Å². The first-order chi connectivity index (χ1) is 8.27. The summed E-state index contributed by atoms with van der Waals surface area (Å²) >= 11 is 1.90. The summed E-state index contributed by atoms with van der Waals surface area (Å²) in [5, 5.41) is 7.95. The van der Waals surface area contributed by atoms with Crippen molar-refractivity contribution < 1.29 is 0 Å². The van der Waals surface area contributed by atoms with Gasteiger partial charge in [-0.2, -0.15) is 16.9 Å². The molecule has 0 aliphatic carbocycles. The van der Waals surface area contributed by atoms with Crippen molar-refractivity contribution in [3.05, 3.63) is 30.6 Å². The number of aromatic nitrogens is 2. The normalized spacial score (nSPS) is 12.6. The van der Waals surface area contributed by atoms with Crippen LogP contribution in [0.25, 0.3) is 0 Å². The fourth-order valence-corrected chi connectivity index (χ4v) is 2.05. The van der Waals surface area contributed by atoms with E-state index in [1.54, 1.807) is 0 Å². The van der Waals surface area contributed by atoms with Crippen LogP contribution >= 0.6 is 11.8 Å². The number of hydrogen-bond donors (Lipinski definition) is 1. The molecule has 0 fully saturated rings. The molecule has 0 aliphatic heterocycles. The van der Waals surface area contributed by atoms with Crippen molar-refractivity contribution in [1.29, 1.82) is 0 Å². The van der Waals surface area contributed by atoms with Crippen molar-refractivity contribution in [1.82, 2.24) is 15.1 Å². The lowest BCUT2D eigenvalue weighted by Gasteiger charge is -2.08. The third-order valence-corrected chi connectivity index (χ3v) is 3.64. The molecular formula is C13H23N3S. The number of thioether (sulfide) groups is 1. The van der Waals surface area contributed by atoms with Crippen LogP contribution in [-0.2, 0) is 6.54 Å². The molecule has 0 amide bonds. The second-order valence-corrected chi connectivity index (χ2v) is 5.23. The maximum atomic E-state index is 4.55. The van der Waals surface area contributed by atoms with Crippen molar-refractivity contribution in [3.63, 3.8) is 0 Å². The molecule has 1 N–H and O–H groups in total. The molecule has 0 saturated carbocycles. The van der Waals surface area contributed by atoms with Crippen molar-refractivity contribution in [2.75, 3.05) is 18.1 Å². The van der Waals surface area contributed by atoms with E-state index in [0.717, 1.165) is 36.7 Å². The highest BCUT2D eigenvalue weighted by molar-refractivity contribution is 7.99. The first-order valence-electron chi connectivity index (χ1n) is 6.21. The Labute approximate surface area is 109 Å². The van der Waals surface area contributed by atoms with Crippen molar-refractivity contribution in [3.8, 4) is 0 Å². The van der Waals surface area contributed by atoms with Crippen molar-refractivity contribution in [2.24, 2.45) is 0 Å². The summed E-state index contributed by atoms with van der Waals surface area (Å²) in [6, 6.07) is 2.59. The average molecular weight is 253 g/mol. The zero-order valence-corrected chi connectivity index (χ0v) is 11.7. The van der Waals surface area contributed by atoms with E-state index in [9.17, 15) is 0 Å².